The number of hydrogen-bond acceptors (Lipinski definition) is 4. The number of para-hydroxylation sites is 1. The van der Waals surface area contributed by atoms with E-state index in [1.165, 1.54) is 0 Å². The van der Waals surface area contributed by atoms with Gasteiger partial charge in [-0.2, -0.15) is 0 Å². The van der Waals surface area contributed by atoms with Crippen LogP contribution in [0.5, 0.6) is 0 Å². The minimum absolute atomic E-state index is 0. The molecular formula is C17H24ClN3O2S. The average Bonchev–Trinajstić information content (AvgIpc) is 2.54. The summed E-state index contributed by atoms with van der Waals surface area (Å²) in [5, 5.41) is 4.18. The maximum Gasteiger partial charge on any atom is 0.242 e. The molecule has 5 nitrogen and oxygen atoms in total. The van der Waals surface area contributed by atoms with Crippen molar-refractivity contribution in [3.05, 3.63) is 36.0 Å². The number of piperidine rings is 1. The highest BCUT2D eigenvalue weighted by Gasteiger charge is 2.26. The monoisotopic (exact) mass is 369 g/mol. The Hall–Kier alpha value is -1.21. The number of benzene rings is 1. The fraction of sp³-hybridized carbons (Fsp3) is 0.471. The molecule has 2 atom stereocenters. The smallest absolute Gasteiger partial charge is 0.242 e. The quantitative estimate of drug-likeness (QED) is 0.869. The van der Waals surface area contributed by atoms with E-state index in [0.717, 1.165) is 36.9 Å². The van der Waals surface area contributed by atoms with Crippen molar-refractivity contribution in [1.82, 2.24) is 15.0 Å². The molecule has 1 aliphatic rings. The number of nitrogens with one attached hydrogen (secondary N) is 2. The van der Waals surface area contributed by atoms with E-state index in [0.29, 0.717) is 11.4 Å². The van der Waals surface area contributed by atoms with Crippen LogP contribution in [0, 0.1) is 12.8 Å². The van der Waals surface area contributed by atoms with Gasteiger partial charge in [0, 0.05) is 17.6 Å². The van der Waals surface area contributed by atoms with Gasteiger partial charge >= 0.3 is 0 Å². The Morgan fingerprint density at radius 2 is 2.17 bits per heavy atom. The lowest BCUT2D eigenvalue weighted by atomic mass is 9.94. The Labute approximate surface area is 149 Å². The molecule has 3 rings (SSSR count). The zero-order valence-corrected chi connectivity index (χ0v) is 15.6. The summed E-state index contributed by atoms with van der Waals surface area (Å²) < 4.78 is 28.5. The number of aromatic nitrogens is 1. The van der Waals surface area contributed by atoms with Crippen molar-refractivity contribution in [2.75, 3.05) is 13.1 Å². The van der Waals surface area contributed by atoms with Crippen LogP contribution in [-0.4, -0.2) is 32.5 Å². The van der Waals surface area contributed by atoms with Gasteiger partial charge in [-0.1, -0.05) is 12.1 Å². The van der Waals surface area contributed by atoms with Crippen LogP contribution < -0.4 is 10.0 Å². The predicted octanol–water partition coefficient (Wildman–Crippen LogP) is 2.63. The highest BCUT2D eigenvalue weighted by molar-refractivity contribution is 7.89. The van der Waals surface area contributed by atoms with Crippen LogP contribution in [0.1, 0.15) is 25.3 Å². The van der Waals surface area contributed by atoms with Gasteiger partial charge in [0.25, 0.3) is 0 Å². The van der Waals surface area contributed by atoms with Crippen molar-refractivity contribution < 1.29 is 8.42 Å². The highest BCUT2D eigenvalue weighted by Crippen LogP contribution is 2.23. The lowest BCUT2D eigenvalue weighted by Crippen LogP contribution is -2.44. The van der Waals surface area contributed by atoms with Crippen LogP contribution in [0.4, 0.5) is 0 Å². The van der Waals surface area contributed by atoms with Crippen molar-refractivity contribution in [1.29, 1.82) is 0 Å². The fourth-order valence-electron chi connectivity index (χ4n) is 3.17. The third-order valence-corrected chi connectivity index (χ3v) is 6.07. The van der Waals surface area contributed by atoms with Gasteiger partial charge in [0.15, 0.2) is 0 Å². The van der Waals surface area contributed by atoms with Crippen molar-refractivity contribution >= 4 is 33.3 Å². The second-order valence-electron chi connectivity index (χ2n) is 6.36. The first kappa shape index (κ1) is 19.1. The predicted molar refractivity (Wildman–Crippen MR) is 99.1 cm³/mol. The van der Waals surface area contributed by atoms with E-state index in [4.69, 9.17) is 0 Å². The van der Waals surface area contributed by atoms with Gasteiger partial charge < -0.3 is 5.32 Å². The summed E-state index contributed by atoms with van der Waals surface area (Å²) in [6, 6.07) is 7.14. The van der Waals surface area contributed by atoms with Crippen LogP contribution in [0.15, 0.2) is 35.4 Å². The average molecular weight is 370 g/mol. The fourth-order valence-corrected chi connectivity index (χ4v) is 4.66. The van der Waals surface area contributed by atoms with Gasteiger partial charge in [-0.3, -0.25) is 4.98 Å². The van der Waals surface area contributed by atoms with Crippen LogP contribution in [0.25, 0.3) is 10.9 Å². The molecule has 2 aromatic rings. The molecule has 1 aromatic heterocycles. The molecule has 0 spiro atoms. The minimum atomic E-state index is -3.59. The van der Waals surface area contributed by atoms with E-state index >= 15 is 0 Å². The van der Waals surface area contributed by atoms with Gasteiger partial charge in [-0.15, -0.1) is 12.4 Å². The van der Waals surface area contributed by atoms with E-state index in [-0.39, 0.29) is 23.3 Å². The Morgan fingerprint density at radius 3 is 2.88 bits per heavy atom. The first-order valence-electron chi connectivity index (χ1n) is 8.06. The molecule has 0 aliphatic carbocycles. The third kappa shape index (κ3) is 4.06. The minimum Gasteiger partial charge on any atom is -0.316 e. The molecule has 24 heavy (non-hydrogen) atoms. The zero-order valence-electron chi connectivity index (χ0n) is 14.0. The summed E-state index contributed by atoms with van der Waals surface area (Å²) in [4.78, 5) is 4.59. The number of aryl methyl sites for hydroxylation is 1. The maximum absolute atomic E-state index is 12.8. The van der Waals surface area contributed by atoms with E-state index in [1.54, 1.807) is 18.3 Å². The zero-order chi connectivity index (χ0) is 16.4. The Morgan fingerprint density at radius 1 is 1.38 bits per heavy atom. The summed E-state index contributed by atoms with van der Waals surface area (Å²) in [5.41, 5.74) is 1.54. The summed E-state index contributed by atoms with van der Waals surface area (Å²) in [5.74, 6) is 0.323. The Kier molecular flexibility index (Phi) is 6.20. The van der Waals surface area contributed by atoms with Crippen molar-refractivity contribution in [3.63, 3.8) is 0 Å². The molecule has 0 radical (unpaired) electrons. The molecule has 0 saturated carbocycles. The second kappa shape index (κ2) is 7.78. The van der Waals surface area contributed by atoms with Gasteiger partial charge in [0.1, 0.15) is 4.90 Å². The topological polar surface area (TPSA) is 71.1 Å². The van der Waals surface area contributed by atoms with E-state index in [2.05, 4.69) is 15.0 Å². The Bertz CT molecular complexity index is 805. The lowest BCUT2D eigenvalue weighted by Gasteiger charge is -2.28. The largest absolute Gasteiger partial charge is 0.316 e. The molecule has 1 saturated heterocycles. The number of hydrogen-bond donors (Lipinski definition) is 2. The normalized spacial score (nSPS) is 19.7. The highest BCUT2D eigenvalue weighted by atomic mass is 35.5. The number of nitrogens with zero attached hydrogens (tertiary/aromatic N) is 1. The second-order valence-corrected chi connectivity index (χ2v) is 8.04. The van der Waals surface area contributed by atoms with E-state index in [1.807, 2.05) is 26.0 Å². The Balaban J connectivity index is 0.00000208. The molecule has 7 heteroatoms. The first-order chi connectivity index (χ1) is 11.0. The summed E-state index contributed by atoms with van der Waals surface area (Å²) in [6.45, 7) is 5.77. The summed E-state index contributed by atoms with van der Waals surface area (Å²) in [6.07, 6.45) is 3.84. The molecule has 2 unspecified atom stereocenters. The molecule has 1 aromatic carbocycles. The van der Waals surface area contributed by atoms with Crippen LogP contribution in [-0.2, 0) is 10.0 Å². The van der Waals surface area contributed by atoms with Crippen LogP contribution in [0.2, 0.25) is 0 Å². The van der Waals surface area contributed by atoms with Gasteiger partial charge in [-0.05, 0) is 63.4 Å². The van der Waals surface area contributed by atoms with E-state index < -0.39 is 10.0 Å². The molecule has 132 valence electrons. The first-order valence-corrected chi connectivity index (χ1v) is 9.54. The van der Waals surface area contributed by atoms with Crippen molar-refractivity contribution in [2.45, 2.75) is 37.6 Å². The van der Waals surface area contributed by atoms with Crippen molar-refractivity contribution in [2.24, 2.45) is 5.92 Å². The molecular weight excluding hydrogens is 346 g/mol. The van der Waals surface area contributed by atoms with Gasteiger partial charge in [-0.25, -0.2) is 13.1 Å². The van der Waals surface area contributed by atoms with Gasteiger partial charge in [0.2, 0.25) is 10.0 Å². The molecule has 0 bridgehead atoms. The molecule has 1 fully saturated rings. The summed E-state index contributed by atoms with van der Waals surface area (Å²) in [7, 11) is -3.59. The number of sulfonamides is 1. The molecule has 2 N–H and O–H groups in total. The number of rotatable bonds is 4. The SMILES string of the molecule is Cc1cnc2c(S(=O)(=O)NC(C)C3CCCNC3)cccc2c1.Cl. The van der Waals surface area contributed by atoms with Gasteiger partial charge in [0.05, 0.1) is 5.52 Å². The molecule has 0 amide bonds. The van der Waals surface area contributed by atoms with E-state index in [9.17, 15) is 8.42 Å². The third-order valence-electron chi connectivity index (χ3n) is 4.48. The standard InChI is InChI=1S/C17H23N3O2S.ClH/c1-12-9-14-5-3-7-16(17(14)19-10-12)23(21,22)20-13(2)15-6-4-8-18-11-15;/h3,5,7,9-10,13,15,18,20H,4,6,8,11H2,1-2H3;1H. The number of halogens is 1. The van der Waals surface area contributed by atoms with Crippen LogP contribution >= 0.6 is 12.4 Å². The number of pyridine rings is 1. The van der Waals surface area contributed by atoms with Crippen molar-refractivity contribution in [3.8, 4) is 0 Å². The van der Waals surface area contributed by atoms with Crippen LogP contribution in [0.3, 0.4) is 0 Å². The maximum atomic E-state index is 12.8. The number of fused-ring (bicyclic) bond motifs is 1. The summed E-state index contributed by atoms with van der Waals surface area (Å²) >= 11 is 0. The molecule has 1 aliphatic heterocycles. The lowest BCUT2D eigenvalue weighted by molar-refractivity contribution is 0.320. The molecule has 2 heterocycles.